The van der Waals surface area contributed by atoms with Crippen LogP contribution in [0.4, 0.5) is 0 Å². The topological polar surface area (TPSA) is 37.3 Å². The molecular weight excluding hydrogens is 220 g/mol. The average Bonchev–Trinajstić information content (AvgIpc) is 2.30. The van der Waals surface area contributed by atoms with Crippen LogP contribution in [0.25, 0.3) is 0 Å². The number of rotatable bonds is 3. The molecule has 0 aliphatic carbocycles. The molecule has 1 aromatic rings. The summed E-state index contributed by atoms with van der Waals surface area (Å²) in [6, 6.07) is 10.1. The minimum atomic E-state index is -0.689. The molecule has 0 amide bonds. The van der Waals surface area contributed by atoms with E-state index >= 15 is 0 Å². The maximum absolute atomic E-state index is 11.0. The fraction of sp³-hybridized carbons (Fsp3) is 0.462. The summed E-state index contributed by atoms with van der Waals surface area (Å²) in [6.45, 7) is 0. The summed E-state index contributed by atoms with van der Waals surface area (Å²) in [5, 5.41) is 9.08. The van der Waals surface area contributed by atoms with Crippen molar-refractivity contribution in [2.75, 3.05) is 11.5 Å². The first-order chi connectivity index (χ1) is 7.73. The molecule has 0 bridgehead atoms. The first-order valence-electron chi connectivity index (χ1n) is 5.58. The third kappa shape index (κ3) is 2.40. The van der Waals surface area contributed by atoms with Gasteiger partial charge in [-0.3, -0.25) is 4.79 Å². The maximum Gasteiger partial charge on any atom is 0.304 e. The quantitative estimate of drug-likeness (QED) is 0.876. The first kappa shape index (κ1) is 11.5. The van der Waals surface area contributed by atoms with E-state index in [9.17, 15) is 4.79 Å². The zero-order valence-corrected chi connectivity index (χ0v) is 10.0. The number of thioether (sulfide) groups is 1. The van der Waals surface area contributed by atoms with Gasteiger partial charge in [-0.05, 0) is 24.2 Å². The maximum atomic E-state index is 11.0. The second-order valence-corrected chi connectivity index (χ2v) is 5.48. The van der Waals surface area contributed by atoms with Gasteiger partial charge in [-0.2, -0.15) is 11.8 Å². The second kappa shape index (κ2) is 4.91. The molecule has 86 valence electrons. The molecule has 1 aliphatic rings. The Hall–Kier alpha value is -0.960. The Morgan fingerprint density at radius 2 is 2.12 bits per heavy atom. The zero-order chi connectivity index (χ0) is 11.4. The summed E-state index contributed by atoms with van der Waals surface area (Å²) >= 11 is 1.88. The highest BCUT2D eigenvalue weighted by Crippen LogP contribution is 2.40. The second-order valence-electron chi connectivity index (χ2n) is 4.37. The molecule has 0 saturated carbocycles. The van der Waals surface area contributed by atoms with Crippen LogP contribution in [0.1, 0.15) is 24.8 Å². The Balaban J connectivity index is 2.29. The van der Waals surface area contributed by atoms with E-state index in [2.05, 4.69) is 12.1 Å². The molecule has 2 rings (SSSR count). The summed E-state index contributed by atoms with van der Waals surface area (Å²) in [6.07, 6.45) is 2.37. The van der Waals surface area contributed by atoms with E-state index in [-0.39, 0.29) is 11.8 Å². The van der Waals surface area contributed by atoms with Gasteiger partial charge in [0.15, 0.2) is 0 Å². The van der Waals surface area contributed by atoms with Crippen LogP contribution in [0, 0.1) is 0 Å². The average molecular weight is 236 g/mol. The van der Waals surface area contributed by atoms with Crippen molar-refractivity contribution in [1.29, 1.82) is 0 Å². The standard InChI is InChI=1S/C13H16O2S/c14-12(15)9-13(7-4-8-16-10-13)11-5-2-1-3-6-11/h1-3,5-6H,4,7-10H2,(H,14,15). The normalized spacial score (nSPS) is 25.2. The van der Waals surface area contributed by atoms with Crippen molar-refractivity contribution in [2.45, 2.75) is 24.7 Å². The van der Waals surface area contributed by atoms with Gasteiger partial charge >= 0.3 is 5.97 Å². The van der Waals surface area contributed by atoms with Gasteiger partial charge in [0.25, 0.3) is 0 Å². The molecule has 1 heterocycles. The van der Waals surface area contributed by atoms with Gasteiger partial charge < -0.3 is 5.11 Å². The number of hydrogen-bond acceptors (Lipinski definition) is 2. The van der Waals surface area contributed by atoms with Crippen molar-refractivity contribution in [3.05, 3.63) is 35.9 Å². The van der Waals surface area contributed by atoms with Crippen LogP contribution >= 0.6 is 11.8 Å². The highest BCUT2D eigenvalue weighted by Gasteiger charge is 2.36. The third-order valence-electron chi connectivity index (χ3n) is 3.20. The van der Waals surface area contributed by atoms with Crippen molar-refractivity contribution < 1.29 is 9.90 Å². The lowest BCUT2D eigenvalue weighted by molar-refractivity contribution is -0.138. The van der Waals surface area contributed by atoms with Crippen molar-refractivity contribution >= 4 is 17.7 Å². The van der Waals surface area contributed by atoms with Crippen LogP contribution in [0.15, 0.2) is 30.3 Å². The number of hydrogen-bond donors (Lipinski definition) is 1. The smallest absolute Gasteiger partial charge is 0.304 e. The minimum absolute atomic E-state index is 0.143. The number of benzene rings is 1. The molecule has 1 N–H and O–H groups in total. The lowest BCUT2D eigenvalue weighted by Gasteiger charge is -2.36. The molecule has 0 radical (unpaired) electrons. The number of aliphatic carboxylic acids is 1. The molecule has 1 aliphatic heterocycles. The van der Waals surface area contributed by atoms with Gasteiger partial charge in [-0.15, -0.1) is 0 Å². The van der Waals surface area contributed by atoms with Gasteiger partial charge in [0.2, 0.25) is 0 Å². The predicted molar refractivity (Wildman–Crippen MR) is 66.9 cm³/mol. The molecule has 0 spiro atoms. The Morgan fingerprint density at radius 1 is 1.38 bits per heavy atom. The molecule has 2 nitrogen and oxygen atoms in total. The Labute approximate surface area is 100 Å². The van der Waals surface area contributed by atoms with E-state index < -0.39 is 5.97 Å². The van der Waals surface area contributed by atoms with Crippen LogP contribution in [-0.4, -0.2) is 22.6 Å². The summed E-state index contributed by atoms with van der Waals surface area (Å²) < 4.78 is 0. The van der Waals surface area contributed by atoms with Gasteiger partial charge in [0.1, 0.15) is 0 Å². The van der Waals surface area contributed by atoms with Gasteiger partial charge in [0.05, 0.1) is 6.42 Å². The van der Waals surface area contributed by atoms with Crippen molar-refractivity contribution in [2.24, 2.45) is 0 Å². The summed E-state index contributed by atoms with van der Waals surface area (Å²) in [5.74, 6) is 1.41. The fourth-order valence-electron chi connectivity index (χ4n) is 2.40. The SMILES string of the molecule is O=C(O)CC1(c2ccccc2)CCCSC1. The largest absolute Gasteiger partial charge is 0.481 e. The molecule has 3 heteroatoms. The van der Waals surface area contributed by atoms with Gasteiger partial charge in [0, 0.05) is 11.2 Å². The van der Waals surface area contributed by atoms with Crippen LogP contribution in [0.2, 0.25) is 0 Å². The first-order valence-corrected chi connectivity index (χ1v) is 6.73. The number of carboxylic acid groups (broad SMARTS) is 1. The molecule has 1 atom stereocenters. The molecule has 0 aromatic heterocycles. The number of carboxylic acids is 1. The van der Waals surface area contributed by atoms with Crippen LogP contribution in [0.3, 0.4) is 0 Å². The molecule has 16 heavy (non-hydrogen) atoms. The van der Waals surface area contributed by atoms with Gasteiger partial charge in [-0.25, -0.2) is 0 Å². The van der Waals surface area contributed by atoms with E-state index in [1.54, 1.807) is 0 Å². The van der Waals surface area contributed by atoms with E-state index in [4.69, 9.17) is 5.11 Å². The fourth-order valence-corrected chi connectivity index (χ4v) is 3.70. The lowest BCUT2D eigenvalue weighted by Crippen LogP contribution is -2.34. The highest BCUT2D eigenvalue weighted by atomic mass is 32.2. The minimum Gasteiger partial charge on any atom is -0.481 e. The van der Waals surface area contributed by atoms with E-state index in [1.807, 2.05) is 30.0 Å². The molecule has 1 aromatic carbocycles. The van der Waals surface area contributed by atoms with Crippen molar-refractivity contribution in [3.8, 4) is 0 Å². The summed E-state index contributed by atoms with van der Waals surface area (Å²) in [4.78, 5) is 11.0. The van der Waals surface area contributed by atoms with Crippen molar-refractivity contribution in [1.82, 2.24) is 0 Å². The molecular formula is C13H16O2S. The van der Waals surface area contributed by atoms with E-state index in [0.717, 1.165) is 24.3 Å². The van der Waals surface area contributed by atoms with E-state index in [0.29, 0.717) is 0 Å². The Morgan fingerprint density at radius 3 is 2.69 bits per heavy atom. The Bertz CT molecular complexity index is 355. The molecule has 1 unspecified atom stereocenters. The van der Waals surface area contributed by atoms with Crippen LogP contribution in [-0.2, 0) is 10.2 Å². The van der Waals surface area contributed by atoms with Gasteiger partial charge in [-0.1, -0.05) is 30.3 Å². The summed E-state index contributed by atoms with van der Waals surface area (Å²) in [7, 11) is 0. The van der Waals surface area contributed by atoms with Crippen LogP contribution in [0.5, 0.6) is 0 Å². The number of carbonyl (C=O) groups is 1. The van der Waals surface area contributed by atoms with Crippen molar-refractivity contribution in [3.63, 3.8) is 0 Å². The third-order valence-corrected chi connectivity index (χ3v) is 4.53. The Kier molecular flexibility index (Phi) is 3.54. The molecule has 1 fully saturated rings. The van der Waals surface area contributed by atoms with Crippen LogP contribution < -0.4 is 0 Å². The lowest BCUT2D eigenvalue weighted by atomic mass is 9.75. The monoisotopic (exact) mass is 236 g/mol. The molecule has 1 saturated heterocycles. The van der Waals surface area contributed by atoms with E-state index in [1.165, 1.54) is 5.56 Å². The predicted octanol–water partition coefficient (Wildman–Crippen LogP) is 2.93. The summed E-state index contributed by atoms with van der Waals surface area (Å²) in [5.41, 5.74) is 1.04. The highest BCUT2D eigenvalue weighted by molar-refractivity contribution is 7.99. The zero-order valence-electron chi connectivity index (χ0n) is 9.19.